The van der Waals surface area contributed by atoms with Crippen LogP contribution in [0.15, 0.2) is 24.3 Å². The number of nitro benzene ring substituents is 1. The summed E-state index contributed by atoms with van der Waals surface area (Å²) in [5.41, 5.74) is 0.389. The molecule has 94 valence electrons. The molecule has 0 heterocycles. The number of rotatable bonds is 4. The van der Waals surface area contributed by atoms with Gasteiger partial charge in [-0.25, -0.2) is 0 Å². The van der Waals surface area contributed by atoms with Crippen molar-refractivity contribution in [2.75, 3.05) is 5.32 Å². The zero-order chi connectivity index (χ0) is 13.7. The van der Waals surface area contributed by atoms with E-state index in [4.69, 9.17) is 5.26 Å². The molecule has 1 aromatic rings. The van der Waals surface area contributed by atoms with Gasteiger partial charge >= 0.3 is 0 Å². The van der Waals surface area contributed by atoms with E-state index in [1.807, 2.05) is 6.07 Å². The Bertz CT molecular complexity index is 488. The summed E-state index contributed by atoms with van der Waals surface area (Å²) in [6.07, 6.45) is 0. The largest absolute Gasteiger partial charge is 0.325 e. The third-order valence-electron chi connectivity index (χ3n) is 2.43. The first-order valence-corrected chi connectivity index (χ1v) is 5.40. The minimum atomic E-state index is -0.736. The number of carbonyl (C=O) groups is 1. The van der Waals surface area contributed by atoms with Gasteiger partial charge in [0.2, 0.25) is 5.91 Å². The van der Waals surface area contributed by atoms with Crippen molar-refractivity contribution < 1.29 is 9.72 Å². The molecule has 1 unspecified atom stereocenters. The van der Waals surface area contributed by atoms with Gasteiger partial charge in [0.15, 0.2) is 0 Å². The number of non-ortho nitro benzene ring substituents is 1. The van der Waals surface area contributed by atoms with Crippen molar-refractivity contribution in [1.29, 1.82) is 5.26 Å². The van der Waals surface area contributed by atoms with Gasteiger partial charge in [-0.05, 0) is 18.1 Å². The molecule has 0 radical (unpaired) electrons. The highest BCUT2D eigenvalue weighted by atomic mass is 16.6. The molecule has 0 spiro atoms. The maximum Gasteiger partial charge on any atom is 0.269 e. The highest BCUT2D eigenvalue weighted by molar-refractivity contribution is 5.94. The van der Waals surface area contributed by atoms with Crippen LogP contribution in [0.3, 0.4) is 0 Å². The number of anilines is 1. The number of benzene rings is 1. The van der Waals surface area contributed by atoms with Crippen molar-refractivity contribution in [2.45, 2.75) is 13.8 Å². The van der Waals surface area contributed by atoms with Crippen molar-refractivity contribution in [1.82, 2.24) is 0 Å². The van der Waals surface area contributed by atoms with Gasteiger partial charge in [-0.1, -0.05) is 13.8 Å². The molecule has 0 aromatic heterocycles. The Hall–Kier alpha value is -2.42. The number of nitriles is 1. The third-order valence-corrected chi connectivity index (χ3v) is 2.43. The molecule has 0 saturated heterocycles. The number of nitro groups is 1. The van der Waals surface area contributed by atoms with Gasteiger partial charge in [0.1, 0.15) is 5.92 Å². The zero-order valence-corrected chi connectivity index (χ0v) is 10.1. The van der Waals surface area contributed by atoms with E-state index in [0.717, 1.165) is 0 Å². The van der Waals surface area contributed by atoms with Gasteiger partial charge in [0, 0.05) is 17.8 Å². The first-order valence-electron chi connectivity index (χ1n) is 5.40. The SMILES string of the molecule is CC(C)C(C#N)C(=O)Nc1ccc([N+](=O)[O-])cc1. The number of carbonyl (C=O) groups excluding carboxylic acids is 1. The van der Waals surface area contributed by atoms with E-state index in [9.17, 15) is 14.9 Å². The number of hydrogen-bond acceptors (Lipinski definition) is 4. The molecule has 1 aromatic carbocycles. The van der Waals surface area contributed by atoms with Gasteiger partial charge in [-0.3, -0.25) is 14.9 Å². The Morgan fingerprint density at radius 2 is 1.94 bits per heavy atom. The van der Waals surface area contributed by atoms with E-state index in [2.05, 4.69) is 5.32 Å². The fraction of sp³-hybridized carbons (Fsp3) is 0.333. The summed E-state index contributed by atoms with van der Waals surface area (Å²) in [6, 6.07) is 7.40. The predicted octanol–water partition coefficient (Wildman–Crippen LogP) is 2.33. The monoisotopic (exact) mass is 247 g/mol. The number of hydrogen-bond donors (Lipinski definition) is 1. The van der Waals surface area contributed by atoms with Gasteiger partial charge < -0.3 is 5.32 Å². The Labute approximate surface area is 104 Å². The maximum absolute atomic E-state index is 11.7. The number of nitrogens with one attached hydrogen (secondary N) is 1. The van der Waals surface area contributed by atoms with Crippen molar-refractivity contribution >= 4 is 17.3 Å². The second kappa shape index (κ2) is 5.77. The normalized spacial score (nSPS) is 11.7. The van der Waals surface area contributed by atoms with Crippen molar-refractivity contribution in [3.05, 3.63) is 34.4 Å². The molecule has 1 rings (SSSR count). The number of nitrogens with zero attached hydrogens (tertiary/aromatic N) is 2. The van der Waals surface area contributed by atoms with Crippen LogP contribution in [0, 0.1) is 33.3 Å². The van der Waals surface area contributed by atoms with Crippen LogP contribution < -0.4 is 5.32 Å². The molecule has 1 atom stereocenters. The van der Waals surface area contributed by atoms with E-state index in [-0.39, 0.29) is 11.6 Å². The average Bonchev–Trinajstić information content (AvgIpc) is 2.29. The second-order valence-corrected chi connectivity index (χ2v) is 4.14. The highest BCUT2D eigenvalue weighted by Gasteiger charge is 2.21. The summed E-state index contributed by atoms with van der Waals surface area (Å²) in [6.45, 7) is 3.56. The lowest BCUT2D eigenvalue weighted by Crippen LogP contribution is -2.25. The number of amides is 1. The summed E-state index contributed by atoms with van der Waals surface area (Å²) in [5, 5.41) is 21.9. The summed E-state index contributed by atoms with van der Waals surface area (Å²) in [5.74, 6) is -1.23. The zero-order valence-electron chi connectivity index (χ0n) is 10.1. The van der Waals surface area contributed by atoms with Crippen LogP contribution in [-0.2, 0) is 4.79 Å². The van der Waals surface area contributed by atoms with E-state index in [1.54, 1.807) is 13.8 Å². The lowest BCUT2D eigenvalue weighted by molar-refractivity contribution is -0.384. The topological polar surface area (TPSA) is 96.0 Å². The van der Waals surface area contributed by atoms with Crippen LogP contribution in [0.4, 0.5) is 11.4 Å². The van der Waals surface area contributed by atoms with Crippen LogP contribution in [0.25, 0.3) is 0 Å². The maximum atomic E-state index is 11.7. The Balaban J connectivity index is 2.77. The van der Waals surface area contributed by atoms with E-state index in [1.165, 1.54) is 24.3 Å². The predicted molar refractivity (Wildman–Crippen MR) is 65.7 cm³/mol. The fourth-order valence-electron chi connectivity index (χ4n) is 1.40. The molecule has 0 saturated carbocycles. The summed E-state index contributed by atoms with van der Waals surface area (Å²) >= 11 is 0. The lowest BCUT2D eigenvalue weighted by atomic mass is 9.96. The molecule has 6 heteroatoms. The van der Waals surface area contributed by atoms with Crippen LogP contribution in [-0.4, -0.2) is 10.8 Å². The van der Waals surface area contributed by atoms with Crippen molar-refractivity contribution in [2.24, 2.45) is 11.8 Å². The summed E-state index contributed by atoms with van der Waals surface area (Å²) in [7, 11) is 0. The highest BCUT2D eigenvalue weighted by Crippen LogP contribution is 2.17. The van der Waals surface area contributed by atoms with Crippen LogP contribution in [0.5, 0.6) is 0 Å². The molecule has 1 amide bonds. The van der Waals surface area contributed by atoms with Crippen molar-refractivity contribution in [3.63, 3.8) is 0 Å². The van der Waals surface area contributed by atoms with Gasteiger partial charge in [-0.2, -0.15) is 5.26 Å². The second-order valence-electron chi connectivity index (χ2n) is 4.14. The summed E-state index contributed by atoms with van der Waals surface area (Å²) < 4.78 is 0. The molecule has 1 N–H and O–H groups in total. The average molecular weight is 247 g/mol. The molecule has 18 heavy (non-hydrogen) atoms. The Morgan fingerprint density at radius 3 is 2.33 bits per heavy atom. The summed E-state index contributed by atoms with van der Waals surface area (Å²) in [4.78, 5) is 21.7. The molecular weight excluding hydrogens is 234 g/mol. The lowest BCUT2D eigenvalue weighted by Gasteiger charge is -2.12. The molecule has 6 nitrogen and oxygen atoms in total. The smallest absolute Gasteiger partial charge is 0.269 e. The standard InChI is InChI=1S/C12H13N3O3/c1-8(2)11(7-13)12(16)14-9-3-5-10(6-4-9)15(17)18/h3-6,8,11H,1-2H3,(H,14,16). The van der Waals surface area contributed by atoms with Crippen LogP contribution in [0.1, 0.15) is 13.8 Å². The van der Waals surface area contributed by atoms with E-state index < -0.39 is 16.7 Å². The molecule has 0 aliphatic rings. The molecule has 0 aliphatic heterocycles. The third kappa shape index (κ3) is 3.28. The van der Waals surface area contributed by atoms with Gasteiger partial charge in [-0.15, -0.1) is 0 Å². The van der Waals surface area contributed by atoms with Gasteiger partial charge in [0.05, 0.1) is 11.0 Å². The Morgan fingerprint density at radius 1 is 1.39 bits per heavy atom. The molecule has 0 aliphatic carbocycles. The van der Waals surface area contributed by atoms with E-state index >= 15 is 0 Å². The first-order chi connectivity index (χ1) is 8.45. The molecule has 0 fully saturated rings. The van der Waals surface area contributed by atoms with Crippen LogP contribution in [0.2, 0.25) is 0 Å². The van der Waals surface area contributed by atoms with E-state index in [0.29, 0.717) is 5.69 Å². The fourth-order valence-corrected chi connectivity index (χ4v) is 1.40. The first kappa shape index (κ1) is 13.6. The van der Waals surface area contributed by atoms with Crippen LogP contribution >= 0.6 is 0 Å². The van der Waals surface area contributed by atoms with Gasteiger partial charge in [0.25, 0.3) is 5.69 Å². The minimum Gasteiger partial charge on any atom is -0.325 e. The van der Waals surface area contributed by atoms with Crippen molar-refractivity contribution in [3.8, 4) is 6.07 Å². The Kier molecular flexibility index (Phi) is 4.38. The quantitative estimate of drug-likeness (QED) is 0.652. The molecule has 0 bridgehead atoms. The minimum absolute atomic E-state index is 0.0475. The molecular formula is C12H13N3O3.